The molecule has 3 heterocycles. The molecule has 0 spiro atoms. The molecule has 0 saturated carbocycles. The highest BCUT2D eigenvalue weighted by atomic mass is 32.2. The van der Waals surface area contributed by atoms with Crippen molar-refractivity contribution in [1.82, 2.24) is 4.31 Å². The second kappa shape index (κ2) is 5.12. The van der Waals surface area contributed by atoms with Crippen LogP contribution >= 0.6 is 0 Å². The Hall–Kier alpha value is -0.250. The Balaban J connectivity index is 1.85. The molecule has 0 radical (unpaired) electrons. The van der Waals surface area contributed by atoms with Crippen molar-refractivity contribution in [2.45, 2.75) is 75.7 Å². The number of fused-ring (bicyclic) bond motifs is 3. The minimum Gasteiger partial charge on any atom is -0.372 e. The van der Waals surface area contributed by atoms with Gasteiger partial charge in [0, 0.05) is 20.2 Å². The zero-order valence-corrected chi connectivity index (χ0v) is 15.5. The van der Waals surface area contributed by atoms with E-state index in [2.05, 4.69) is 0 Å². The predicted molar refractivity (Wildman–Crippen MR) is 83.3 cm³/mol. The monoisotopic (exact) mass is 349 g/mol. The highest BCUT2D eigenvalue weighted by Gasteiger charge is 2.66. The summed E-state index contributed by atoms with van der Waals surface area (Å²) < 4.78 is 49.6. The molecule has 0 aliphatic carbocycles. The molecule has 23 heavy (non-hydrogen) atoms. The van der Waals surface area contributed by atoms with Crippen molar-refractivity contribution in [1.29, 1.82) is 0 Å². The van der Waals surface area contributed by atoms with Crippen LogP contribution in [0, 0.1) is 0 Å². The van der Waals surface area contributed by atoms with Crippen LogP contribution in [0.4, 0.5) is 0 Å². The maximum absolute atomic E-state index is 12.7. The summed E-state index contributed by atoms with van der Waals surface area (Å²) in [4.78, 5) is 0. The smallest absolute Gasteiger partial charge is 0.219 e. The molecule has 3 fully saturated rings. The van der Waals surface area contributed by atoms with Gasteiger partial charge in [-0.3, -0.25) is 0 Å². The Kier molecular flexibility index (Phi) is 3.91. The van der Waals surface area contributed by atoms with Gasteiger partial charge in [-0.2, -0.15) is 4.31 Å². The first-order valence-corrected chi connectivity index (χ1v) is 9.43. The van der Waals surface area contributed by atoms with Crippen molar-refractivity contribution in [2.75, 3.05) is 20.2 Å². The van der Waals surface area contributed by atoms with Gasteiger partial charge in [0.1, 0.15) is 17.8 Å². The van der Waals surface area contributed by atoms with Crippen molar-refractivity contribution < 1.29 is 27.4 Å². The van der Waals surface area contributed by atoms with E-state index in [9.17, 15) is 8.42 Å². The van der Waals surface area contributed by atoms with Crippen LogP contribution in [0.3, 0.4) is 0 Å². The van der Waals surface area contributed by atoms with Crippen LogP contribution in [-0.4, -0.2) is 67.6 Å². The quantitative estimate of drug-likeness (QED) is 0.743. The second-order valence-corrected chi connectivity index (χ2v) is 10.6. The molecule has 4 atom stereocenters. The fourth-order valence-electron chi connectivity index (χ4n) is 3.65. The fraction of sp³-hybridized carbons (Fsp3) is 1.00. The summed E-state index contributed by atoms with van der Waals surface area (Å²) in [5, 5.41) is 0. The van der Waals surface area contributed by atoms with E-state index in [1.807, 2.05) is 13.8 Å². The summed E-state index contributed by atoms with van der Waals surface area (Å²) in [7, 11) is -1.78. The van der Waals surface area contributed by atoms with E-state index < -0.39 is 38.6 Å². The van der Waals surface area contributed by atoms with Gasteiger partial charge in [0.15, 0.2) is 12.1 Å². The van der Waals surface area contributed by atoms with Crippen molar-refractivity contribution in [3.05, 3.63) is 0 Å². The van der Waals surface area contributed by atoms with E-state index in [1.165, 1.54) is 4.31 Å². The maximum Gasteiger partial charge on any atom is 0.219 e. The molecular weight excluding hydrogens is 322 g/mol. The van der Waals surface area contributed by atoms with Gasteiger partial charge in [-0.25, -0.2) is 8.42 Å². The van der Waals surface area contributed by atoms with Crippen molar-refractivity contribution in [3.8, 4) is 0 Å². The molecule has 0 aromatic rings. The molecule has 134 valence electrons. The van der Waals surface area contributed by atoms with Gasteiger partial charge < -0.3 is 18.9 Å². The molecule has 0 bridgehead atoms. The number of hydrogen-bond donors (Lipinski definition) is 0. The lowest BCUT2D eigenvalue weighted by Gasteiger charge is -2.44. The summed E-state index contributed by atoms with van der Waals surface area (Å²) in [6.45, 7) is 9.45. The zero-order chi connectivity index (χ0) is 17.3. The summed E-state index contributed by atoms with van der Waals surface area (Å²) in [6, 6.07) is 0. The van der Waals surface area contributed by atoms with Crippen LogP contribution in [0.25, 0.3) is 0 Å². The van der Waals surface area contributed by atoms with Crippen LogP contribution in [0.2, 0.25) is 0 Å². The van der Waals surface area contributed by atoms with Crippen LogP contribution in [0.5, 0.6) is 0 Å². The van der Waals surface area contributed by atoms with E-state index in [0.717, 1.165) is 0 Å². The third-order valence-corrected chi connectivity index (χ3v) is 7.56. The molecular formula is C15H27NO6S. The predicted octanol–water partition coefficient (Wildman–Crippen LogP) is 1.08. The number of methoxy groups -OCH3 is 1. The van der Waals surface area contributed by atoms with E-state index in [1.54, 1.807) is 27.9 Å². The Morgan fingerprint density at radius 3 is 2.43 bits per heavy atom. The van der Waals surface area contributed by atoms with Gasteiger partial charge in [0.2, 0.25) is 10.0 Å². The maximum atomic E-state index is 12.7. The van der Waals surface area contributed by atoms with E-state index >= 15 is 0 Å². The Morgan fingerprint density at radius 1 is 1.22 bits per heavy atom. The molecule has 7 nitrogen and oxygen atoms in total. The SMILES string of the molecule is CO[C@]12CCN(S(=O)(=O)C(C)(C)C)C[C@H]1O[C@@H]1OC(C)(C)O[C@@H]12. The van der Waals surface area contributed by atoms with Crippen molar-refractivity contribution in [3.63, 3.8) is 0 Å². The van der Waals surface area contributed by atoms with E-state index in [-0.39, 0.29) is 12.6 Å². The summed E-state index contributed by atoms with van der Waals surface area (Å²) in [5.74, 6) is -0.722. The number of piperidine rings is 1. The van der Waals surface area contributed by atoms with Gasteiger partial charge in [-0.05, 0) is 41.0 Å². The van der Waals surface area contributed by atoms with E-state index in [4.69, 9.17) is 18.9 Å². The molecule has 0 aromatic carbocycles. The number of sulfonamides is 1. The van der Waals surface area contributed by atoms with Crippen molar-refractivity contribution in [2.24, 2.45) is 0 Å². The number of rotatable bonds is 2. The molecule has 0 N–H and O–H groups in total. The fourth-order valence-corrected chi connectivity index (χ4v) is 5.09. The molecule has 0 unspecified atom stereocenters. The minimum atomic E-state index is -3.40. The Labute approximate surface area is 138 Å². The minimum absolute atomic E-state index is 0.258. The third-order valence-electron chi connectivity index (χ3n) is 5.00. The molecule has 0 aromatic heterocycles. The van der Waals surface area contributed by atoms with Crippen LogP contribution < -0.4 is 0 Å². The lowest BCUT2D eigenvalue weighted by atomic mass is 9.86. The molecule has 8 heteroatoms. The van der Waals surface area contributed by atoms with E-state index in [0.29, 0.717) is 13.0 Å². The van der Waals surface area contributed by atoms with Gasteiger partial charge in [-0.1, -0.05) is 0 Å². The lowest BCUT2D eigenvalue weighted by Crippen LogP contribution is -2.61. The summed E-state index contributed by atoms with van der Waals surface area (Å²) in [6.07, 6.45) is -0.743. The third kappa shape index (κ3) is 2.54. The topological polar surface area (TPSA) is 74.3 Å². The average molecular weight is 349 g/mol. The molecule has 0 amide bonds. The molecule has 3 aliphatic rings. The summed E-state index contributed by atoms with van der Waals surface area (Å²) in [5.41, 5.74) is -0.664. The first-order valence-electron chi connectivity index (χ1n) is 7.99. The largest absolute Gasteiger partial charge is 0.372 e. The molecule has 3 aliphatic heterocycles. The van der Waals surface area contributed by atoms with Crippen LogP contribution in [-0.2, 0) is 29.0 Å². The van der Waals surface area contributed by atoms with Gasteiger partial charge in [0.05, 0.1) is 4.75 Å². The zero-order valence-electron chi connectivity index (χ0n) is 14.7. The lowest BCUT2D eigenvalue weighted by molar-refractivity contribution is -0.239. The van der Waals surface area contributed by atoms with Crippen LogP contribution in [0.15, 0.2) is 0 Å². The van der Waals surface area contributed by atoms with Crippen molar-refractivity contribution >= 4 is 10.0 Å². The highest BCUT2D eigenvalue weighted by molar-refractivity contribution is 7.90. The second-order valence-electron chi connectivity index (χ2n) is 7.93. The number of hydrogen-bond acceptors (Lipinski definition) is 6. The first-order chi connectivity index (χ1) is 10.4. The number of ether oxygens (including phenoxy) is 4. The molecule has 3 rings (SSSR count). The average Bonchev–Trinajstić information content (AvgIpc) is 2.86. The Morgan fingerprint density at radius 2 is 1.87 bits per heavy atom. The molecule has 3 saturated heterocycles. The Bertz CT molecular complexity index is 583. The van der Waals surface area contributed by atoms with Crippen LogP contribution in [0.1, 0.15) is 41.0 Å². The van der Waals surface area contributed by atoms with Gasteiger partial charge in [-0.15, -0.1) is 0 Å². The van der Waals surface area contributed by atoms with Gasteiger partial charge >= 0.3 is 0 Å². The number of nitrogens with zero attached hydrogens (tertiary/aromatic N) is 1. The highest BCUT2D eigenvalue weighted by Crippen LogP contribution is 2.48. The first kappa shape index (κ1) is 17.6. The normalized spacial score (nSPS) is 40.9. The standard InChI is InChI=1S/C15H27NO6S/c1-13(2,3)23(17,18)16-8-7-15(19-6)10(9-16)20-12-11(15)21-14(4,5)22-12/h10-12H,7-9H2,1-6H3/t10-,11+,12-,15-/m1/s1. The van der Waals surface area contributed by atoms with Gasteiger partial charge in [0.25, 0.3) is 0 Å². The summed E-state index contributed by atoms with van der Waals surface area (Å²) >= 11 is 0.